The van der Waals surface area contributed by atoms with Gasteiger partial charge in [-0.05, 0) is 74.9 Å². The van der Waals surface area contributed by atoms with Gasteiger partial charge in [0.1, 0.15) is 11.9 Å². The Bertz CT molecular complexity index is 1270. The van der Waals surface area contributed by atoms with Gasteiger partial charge >= 0.3 is 0 Å². The van der Waals surface area contributed by atoms with Gasteiger partial charge in [0.25, 0.3) is 5.91 Å². The van der Waals surface area contributed by atoms with E-state index in [2.05, 4.69) is 15.4 Å². The molecule has 0 aliphatic rings. The van der Waals surface area contributed by atoms with Crippen molar-refractivity contribution in [2.24, 2.45) is 0 Å². The first-order valence-electron chi connectivity index (χ1n) is 11.0. The zero-order chi connectivity index (χ0) is 25.6. The van der Waals surface area contributed by atoms with Gasteiger partial charge in [0, 0.05) is 23.2 Å². The summed E-state index contributed by atoms with van der Waals surface area (Å²) in [5.74, 6) is -1.33. The van der Waals surface area contributed by atoms with E-state index < -0.39 is 39.2 Å². The van der Waals surface area contributed by atoms with E-state index in [1.54, 1.807) is 63.2 Å². The van der Waals surface area contributed by atoms with Gasteiger partial charge in [-0.2, -0.15) is 0 Å². The molecule has 0 saturated heterocycles. The minimum Gasteiger partial charge on any atom is -0.340 e. The molecule has 0 saturated carbocycles. The highest BCUT2D eigenvalue weighted by atomic mass is 32.2. The minimum atomic E-state index is -3.72. The third kappa shape index (κ3) is 7.73. The van der Waals surface area contributed by atoms with Crippen LogP contribution in [0.25, 0.3) is 0 Å². The molecule has 184 valence electrons. The Hall–Kier alpha value is -3.56. The lowest BCUT2D eigenvalue weighted by atomic mass is 10.0. The lowest BCUT2D eigenvalue weighted by molar-refractivity contribution is -0.118. The highest BCUT2D eigenvalue weighted by Gasteiger charge is 2.24. The van der Waals surface area contributed by atoms with Crippen LogP contribution in [0.4, 0.5) is 10.1 Å². The van der Waals surface area contributed by atoms with Crippen LogP contribution in [-0.4, -0.2) is 31.8 Å². The Kier molecular flexibility index (Phi) is 8.03. The zero-order valence-electron chi connectivity index (χ0n) is 19.7. The van der Waals surface area contributed by atoms with Gasteiger partial charge in [-0.3, -0.25) is 9.59 Å². The monoisotopic (exact) mass is 497 g/mol. The molecule has 0 unspecified atom stereocenters. The maximum absolute atomic E-state index is 13.3. The number of hydrogen-bond donors (Lipinski definition) is 3. The van der Waals surface area contributed by atoms with Gasteiger partial charge in [0.05, 0.1) is 4.90 Å². The Balaban J connectivity index is 1.77. The van der Waals surface area contributed by atoms with Gasteiger partial charge < -0.3 is 10.6 Å². The van der Waals surface area contributed by atoms with Crippen LogP contribution in [-0.2, 0) is 21.2 Å². The third-order valence-corrected chi connectivity index (χ3v) is 6.66. The van der Waals surface area contributed by atoms with Crippen molar-refractivity contribution in [3.8, 4) is 0 Å². The maximum Gasteiger partial charge on any atom is 0.251 e. The Labute approximate surface area is 204 Å². The van der Waals surface area contributed by atoms with E-state index in [-0.39, 0.29) is 11.3 Å². The van der Waals surface area contributed by atoms with E-state index in [0.29, 0.717) is 16.8 Å². The molecule has 0 aliphatic heterocycles. The Morgan fingerprint density at radius 2 is 1.49 bits per heavy atom. The standard InChI is InChI=1S/C26H28FN3O4S/c1-26(2,3)30-35(33,34)22-15-13-21(14-16-22)28-25(32)23(17-18-9-11-20(27)12-10-18)29-24(31)19-7-5-4-6-8-19/h4-16,23,30H,17H2,1-3H3,(H,28,32)(H,29,31)/t23-/m0/s1. The maximum atomic E-state index is 13.3. The largest absolute Gasteiger partial charge is 0.340 e. The van der Waals surface area contributed by atoms with Crippen molar-refractivity contribution < 1.29 is 22.4 Å². The fraction of sp³-hybridized carbons (Fsp3) is 0.231. The summed E-state index contributed by atoms with van der Waals surface area (Å²) < 4.78 is 40.9. The first-order chi connectivity index (χ1) is 16.4. The molecule has 0 bridgehead atoms. The fourth-order valence-electron chi connectivity index (χ4n) is 3.31. The van der Waals surface area contributed by atoms with E-state index in [1.807, 2.05) is 0 Å². The molecule has 0 aromatic heterocycles. The molecule has 0 fully saturated rings. The Morgan fingerprint density at radius 1 is 0.886 bits per heavy atom. The number of rotatable bonds is 8. The van der Waals surface area contributed by atoms with E-state index in [9.17, 15) is 22.4 Å². The first-order valence-corrected chi connectivity index (χ1v) is 12.5. The van der Waals surface area contributed by atoms with Crippen molar-refractivity contribution in [1.82, 2.24) is 10.0 Å². The van der Waals surface area contributed by atoms with Crippen LogP contribution < -0.4 is 15.4 Å². The molecule has 0 aliphatic carbocycles. The Morgan fingerprint density at radius 3 is 2.06 bits per heavy atom. The molecule has 0 spiro atoms. The molecule has 9 heteroatoms. The van der Waals surface area contributed by atoms with Crippen LogP contribution >= 0.6 is 0 Å². The normalized spacial score (nSPS) is 12.6. The molecule has 1 atom stereocenters. The molecule has 0 radical (unpaired) electrons. The number of anilines is 1. The number of carbonyl (C=O) groups is 2. The number of benzene rings is 3. The summed E-state index contributed by atoms with van der Waals surface area (Å²) in [7, 11) is -3.72. The van der Waals surface area contributed by atoms with Crippen LogP contribution in [0.15, 0.2) is 83.8 Å². The van der Waals surface area contributed by atoms with Crippen molar-refractivity contribution in [2.45, 2.75) is 43.7 Å². The number of hydrogen-bond acceptors (Lipinski definition) is 4. The molecule has 3 rings (SSSR count). The van der Waals surface area contributed by atoms with E-state index >= 15 is 0 Å². The second-order valence-corrected chi connectivity index (χ2v) is 10.8. The van der Waals surface area contributed by atoms with Gasteiger partial charge in [-0.1, -0.05) is 30.3 Å². The molecule has 35 heavy (non-hydrogen) atoms. The van der Waals surface area contributed by atoms with Crippen molar-refractivity contribution in [1.29, 1.82) is 0 Å². The second kappa shape index (κ2) is 10.8. The lowest BCUT2D eigenvalue weighted by Crippen LogP contribution is -2.45. The van der Waals surface area contributed by atoms with Crippen LogP contribution in [0.2, 0.25) is 0 Å². The number of carbonyl (C=O) groups excluding carboxylic acids is 2. The molecule has 3 aromatic carbocycles. The molecule has 7 nitrogen and oxygen atoms in total. The minimum absolute atomic E-state index is 0.0608. The first kappa shape index (κ1) is 26.1. The average molecular weight is 498 g/mol. The van der Waals surface area contributed by atoms with Gasteiger partial charge in [0.15, 0.2) is 0 Å². The molecule has 2 amide bonds. The van der Waals surface area contributed by atoms with Crippen LogP contribution in [0.3, 0.4) is 0 Å². The third-order valence-electron chi connectivity index (χ3n) is 4.88. The summed E-state index contributed by atoms with van der Waals surface area (Å²) in [5.41, 5.74) is 0.777. The number of sulfonamides is 1. The summed E-state index contributed by atoms with van der Waals surface area (Å²) in [4.78, 5) is 25.9. The van der Waals surface area contributed by atoms with Crippen LogP contribution in [0.1, 0.15) is 36.7 Å². The molecular weight excluding hydrogens is 469 g/mol. The van der Waals surface area contributed by atoms with Crippen LogP contribution in [0, 0.1) is 5.82 Å². The van der Waals surface area contributed by atoms with E-state index in [1.165, 1.54) is 36.4 Å². The van der Waals surface area contributed by atoms with E-state index in [4.69, 9.17) is 0 Å². The number of nitrogens with one attached hydrogen (secondary N) is 3. The number of amides is 2. The number of halogens is 1. The zero-order valence-corrected chi connectivity index (χ0v) is 20.5. The second-order valence-electron chi connectivity index (χ2n) is 9.09. The van der Waals surface area contributed by atoms with Crippen molar-refractivity contribution >= 4 is 27.5 Å². The van der Waals surface area contributed by atoms with Crippen LogP contribution in [0.5, 0.6) is 0 Å². The summed E-state index contributed by atoms with van der Waals surface area (Å²) in [6.07, 6.45) is 0.132. The summed E-state index contributed by atoms with van der Waals surface area (Å²) in [6, 6.07) is 18.9. The van der Waals surface area contributed by atoms with Gasteiger partial charge in [0.2, 0.25) is 15.9 Å². The molecular formula is C26H28FN3O4S. The highest BCUT2D eigenvalue weighted by molar-refractivity contribution is 7.89. The predicted molar refractivity (Wildman–Crippen MR) is 133 cm³/mol. The summed E-state index contributed by atoms with van der Waals surface area (Å²) in [5, 5.41) is 5.44. The van der Waals surface area contributed by atoms with Gasteiger partial charge in [-0.15, -0.1) is 0 Å². The van der Waals surface area contributed by atoms with Crippen molar-refractivity contribution in [3.63, 3.8) is 0 Å². The quantitative estimate of drug-likeness (QED) is 0.439. The highest BCUT2D eigenvalue weighted by Crippen LogP contribution is 2.17. The van der Waals surface area contributed by atoms with Gasteiger partial charge in [-0.25, -0.2) is 17.5 Å². The summed E-state index contributed by atoms with van der Waals surface area (Å²) in [6.45, 7) is 5.22. The lowest BCUT2D eigenvalue weighted by Gasteiger charge is -2.21. The summed E-state index contributed by atoms with van der Waals surface area (Å²) >= 11 is 0. The SMILES string of the molecule is CC(C)(C)NS(=O)(=O)c1ccc(NC(=O)[C@H](Cc2ccc(F)cc2)NC(=O)c2ccccc2)cc1. The fourth-order valence-corrected chi connectivity index (χ4v) is 4.72. The molecule has 3 aromatic rings. The van der Waals surface area contributed by atoms with Crippen molar-refractivity contribution in [3.05, 3.63) is 95.8 Å². The predicted octanol–water partition coefficient (Wildman–Crippen LogP) is 3.88. The topological polar surface area (TPSA) is 104 Å². The molecule has 3 N–H and O–H groups in total. The molecule has 0 heterocycles. The average Bonchev–Trinajstić information content (AvgIpc) is 2.79. The van der Waals surface area contributed by atoms with Crippen molar-refractivity contribution in [2.75, 3.05) is 5.32 Å². The smallest absolute Gasteiger partial charge is 0.251 e. The van der Waals surface area contributed by atoms with E-state index in [0.717, 1.165) is 0 Å².